The third-order valence-corrected chi connectivity index (χ3v) is 7.40. The van der Waals surface area contributed by atoms with Crippen molar-refractivity contribution in [3.8, 4) is 39.9 Å². The van der Waals surface area contributed by atoms with Crippen LogP contribution in [0.2, 0.25) is 0 Å². The first-order chi connectivity index (χ1) is 19.7. The van der Waals surface area contributed by atoms with Gasteiger partial charge in [0.05, 0.1) is 25.9 Å². The Morgan fingerprint density at radius 2 is 1.63 bits per heavy atom. The van der Waals surface area contributed by atoms with Crippen LogP contribution in [0, 0.1) is 0 Å². The second kappa shape index (κ2) is 10.3. The van der Waals surface area contributed by atoms with E-state index in [1.165, 1.54) is 21.1 Å². The van der Waals surface area contributed by atoms with Gasteiger partial charge in [-0.2, -0.15) is 0 Å². The Kier molecular flexibility index (Phi) is 6.76. The fraction of sp³-hybridized carbons (Fsp3) is 0.379. The molecule has 1 fully saturated rings. The van der Waals surface area contributed by atoms with Crippen LogP contribution in [0.1, 0.15) is 29.8 Å². The molecule has 12 heteroatoms. The van der Waals surface area contributed by atoms with Crippen LogP contribution in [-0.2, 0) is 25.6 Å². The molecular formula is C29H28O12. The molecule has 0 bridgehead atoms. The van der Waals surface area contributed by atoms with E-state index in [0.717, 1.165) is 0 Å². The number of fused-ring (bicyclic) bond motifs is 3. The topological polar surface area (TPSA) is 148 Å². The van der Waals surface area contributed by atoms with E-state index >= 15 is 0 Å². The Bertz CT molecular complexity index is 1550. The van der Waals surface area contributed by atoms with Crippen molar-refractivity contribution in [1.82, 2.24) is 0 Å². The van der Waals surface area contributed by atoms with E-state index in [1.54, 1.807) is 31.2 Å². The predicted octanol–water partition coefficient (Wildman–Crippen LogP) is 2.70. The number of ether oxygens (including phenoxy) is 8. The largest absolute Gasteiger partial charge is 0.493 e. The summed E-state index contributed by atoms with van der Waals surface area (Å²) in [5.41, 5.74) is 1.88. The number of benzene rings is 3. The van der Waals surface area contributed by atoms with Gasteiger partial charge in [0.2, 0.25) is 13.1 Å². The predicted molar refractivity (Wildman–Crippen MR) is 140 cm³/mol. The van der Waals surface area contributed by atoms with Crippen LogP contribution in [0.25, 0.3) is 21.9 Å². The van der Waals surface area contributed by atoms with Crippen molar-refractivity contribution in [2.45, 2.75) is 51.2 Å². The molecule has 3 aliphatic heterocycles. The summed E-state index contributed by atoms with van der Waals surface area (Å²) >= 11 is 0. The minimum absolute atomic E-state index is 0.0847. The number of cyclic esters (lactones) is 1. The number of carbonyl (C=O) groups is 2. The van der Waals surface area contributed by atoms with E-state index in [9.17, 15) is 19.8 Å². The van der Waals surface area contributed by atoms with Gasteiger partial charge < -0.3 is 48.1 Å². The molecular weight excluding hydrogens is 540 g/mol. The van der Waals surface area contributed by atoms with E-state index in [0.29, 0.717) is 50.5 Å². The number of methoxy groups -OCH3 is 2. The normalized spacial score (nSPS) is 24.5. The highest BCUT2D eigenvalue weighted by Crippen LogP contribution is 2.49. The van der Waals surface area contributed by atoms with Crippen molar-refractivity contribution >= 4 is 22.7 Å². The molecule has 3 aromatic carbocycles. The van der Waals surface area contributed by atoms with Crippen LogP contribution >= 0.6 is 0 Å². The zero-order valence-corrected chi connectivity index (χ0v) is 22.7. The molecule has 3 heterocycles. The van der Waals surface area contributed by atoms with Crippen molar-refractivity contribution in [3.05, 3.63) is 41.5 Å². The third kappa shape index (κ3) is 4.44. The van der Waals surface area contributed by atoms with Crippen LogP contribution in [0.5, 0.6) is 28.7 Å². The van der Waals surface area contributed by atoms with E-state index in [1.807, 2.05) is 6.07 Å². The second-order valence-corrected chi connectivity index (χ2v) is 9.84. The van der Waals surface area contributed by atoms with Crippen molar-refractivity contribution in [1.29, 1.82) is 0 Å². The molecule has 2 N–H and O–H groups in total. The van der Waals surface area contributed by atoms with Gasteiger partial charge in [-0.25, -0.2) is 4.79 Å². The molecule has 41 heavy (non-hydrogen) atoms. The van der Waals surface area contributed by atoms with E-state index < -0.39 is 42.6 Å². The highest BCUT2D eigenvalue weighted by Gasteiger charge is 2.47. The molecule has 0 radical (unpaired) electrons. The number of aliphatic hydroxyl groups is 2. The Balaban J connectivity index is 1.59. The van der Waals surface area contributed by atoms with Crippen LogP contribution < -0.4 is 23.7 Å². The van der Waals surface area contributed by atoms with Gasteiger partial charge in [0.15, 0.2) is 29.1 Å². The van der Waals surface area contributed by atoms with Crippen molar-refractivity contribution in [3.63, 3.8) is 0 Å². The van der Waals surface area contributed by atoms with Gasteiger partial charge in [0.1, 0.15) is 24.6 Å². The van der Waals surface area contributed by atoms with E-state index in [-0.39, 0.29) is 24.7 Å². The van der Waals surface area contributed by atoms with Gasteiger partial charge in [0.25, 0.3) is 0 Å². The van der Waals surface area contributed by atoms with Gasteiger partial charge in [-0.05, 0) is 42.1 Å². The van der Waals surface area contributed by atoms with Crippen LogP contribution in [0.15, 0.2) is 30.3 Å². The van der Waals surface area contributed by atoms with E-state index in [2.05, 4.69) is 0 Å². The Morgan fingerprint density at radius 1 is 0.927 bits per heavy atom. The molecule has 6 rings (SSSR count). The first kappa shape index (κ1) is 26.9. The Labute approximate surface area is 234 Å². The number of hydrogen-bond donors (Lipinski definition) is 2. The summed E-state index contributed by atoms with van der Waals surface area (Å²) in [5.74, 6) is 0.819. The highest BCUT2D eigenvalue weighted by molar-refractivity contribution is 6.14. The molecule has 5 atom stereocenters. The summed E-state index contributed by atoms with van der Waals surface area (Å²) in [5, 5.41) is 22.2. The van der Waals surface area contributed by atoms with Crippen LogP contribution in [0.3, 0.4) is 0 Å². The molecule has 3 aromatic rings. The Hall–Kier alpha value is -4.26. The maximum atomic E-state index is 13.3. The Morgan fingerprint density at radius 3 is 2.34 bits per heavy atom. The van der Waals surface area contributed by atoms with Crippen LogP contribution in [-0.4, -0.2) is 73.9 Å². The summed E-state index contributed by atoms with van der Waals surface area (Å²) in [4.78, 5) is 25.1. The second-order valence-electron chi connectivity index (χ2n) is 9.84. The van der Waals surface area contributed by atoms with Gasteiger partial charge in [-0.1, -0.05) is 6.07 Å². The smallest absolute Gasteiger partial charge is 0.339 e. The molecule has 1 unspecified atom stereocenters. The zero-order chi connectivity index (χ0) is 29.0. The van der Waals surface area contributed by atoms with Crippen molar-refractivity contribution in [2.75, 3.05) is 21.0 Å². The third-order valence-electron chi connectivity index (χ3n) is 7.40. The number of hydrogen-bond acceptors (Lipinski definition) is 12. The average Bonchev–Trinajstić information content (AvgIpc) is 3.59. The van der Waals surface area contributed by atoms with Crippen molar-refractivity contribution in [2.24, 2.45) is 0 Å². The lowest BCUT2D eigenvalue weighted by atomic mass is 9.89. The molecule has 3 aliphatic rings. The minimum Gasteiger partial charge on any atom is -0.493 e. The number of rotatable bonds is 6. The highest BCUT2D eigenvalue weighted by atomic mass is 16.7. The first-order valence-electron chi connectivity index (χ1n) is 12.9. The van der Waals surface area contributed by atoms with Crippen molar-refractivity contribution < 1.29 is 57.7 Å². The van der Waals surface area contributed by atoms with E-state index in [4.69, 9.17) is 37.9 Å². The standard InChI is InChI=1S/C29H28O12/c1-12-24(31)25(32)27(40-13(2)30)29(39-12)41-26-16-9-20(35-4)19(34-3)8-15(16)22(23-17(26)10-36-28(23)33)14-5-6-18-21(7-14)38-11-37-18/h5-9,12,24-25,27,29,31-32H,10-11H2,1-4H3/t12-,24-,25+,27-,29?/m1/s1. The fourth-order valence-electron chi connectivity index (χ4n) is 5.43. The number of esters is 2. The van der Waals surface area contributed by atoms with Crippen LogP contribution in [0.4, 0.5) is 0 Å². The maximum Gasteiger partial charge on any atom is 0.339 e. The van der Waals surface area contributed by atoms with Gasteiger partial charge >= 0.3 is 11.9 Å². The lowest BCUT2D eigenvalue weighted by Crippen LogP contribution is -2.59. The van der Waals surface area contributed by atoms with Gasteiger partial charge in [-0.15, -0.1) is 0 Å². The summed E-state index contributed by atoms with van der Waals surface area (Å²) < 4.78 is 45.2. The first-order valence-corrected chi connectivity index (χ1v) is 12.9. The van der Waals surface area contributed by atoms with Gasteiger partial charge in [0, 0.05) is 23.4 Å². The lowest BCUT2D eigenvalue weighted by molar-refractivity contribution is -0.273. The maximum absolute atomic E-state index is 13.3. The molecule has 0 spiro atoms. The number of aliphatic hydroxyl groups excluding tert-OH is 2. The molecule has 0 aromatic heterocycles. The summed E-state index contributed by atoms with van der Waals surface area (Å²) in [6.45, 7) is 2.70. The summed E-state index contributed by atoms with van der Waals surface area (Å²) in [6, 6.07) is 8.77. The monoisotopic (exact) mass is 568 g/mol. The fourth-order valence-corrected chi connectivity index (χ4v) is 5.43. The van der Waals surface area contributed by atoms with Gasteiger partial charge in [-0.3, -0.25) is 4.79 Å². The molecule has 12 nitrogen and oxygen atoms in total. The number of carbonyl (C=O) groups excluding carboxylic acids is 2. The molecule has 0 aliphatic carbocycles. The zero-order valence-electron chi connectivity index (χ0n) is 22.7. The SMILES string of the molecule is COc1cc2c(OC3O[C@H](C)[C@@H](O)[C@H](O)[C@H]3OC(C)=O)c3c(c(-c4ccc5c(c4)OCO5)c2cc1OC)C(=O)OC3. The molecule has 0 amide bonds. The summed E-state index contributed by atoms with van der Waals surface area (Å²) in [6.07, 6.45) is -6.38. The lowest BCUT2D eigenvalue weighted by Gasteiger charge is -2.40. The summed E-state index contributed by atoms with van der Waals surface area (Å²) in [7, 11) is 2.99. The molecule has 216 valence electrons. The quantitative estimate of drug-likeness (QED) is 0.421. The average molecular weight is 569 g/mol. The molecule has 0 saturated carbocycles. The molecule has 1 saturated heterocycles. The minimum atomic E-state index is -1.49.